The van der Waals surface area contributed by atoms with Crippen LogP contribution in [0.5, 0.6) is 11.8 Å². The topological polar surface area (TPSA) is 93.6 Å². The van der Waals surface area contributed by atoms with Crippen LogP contribution < -0.4 is 14.8 Å². The largest absolute Gasteiger partial charge is 0.489 e. The molecule has 2 N–H and O–H groups in total. The van der Waals surface area contributed by atoms with Crippen LogP contribution in [-0.2, 0) is 11.4 Å². The van der Waals surface area contributed by atoms with Gasteiger partial charge in [0.1, 0.15) is 18.2 Å². The molecule has 160 valence electrons. The normalized spacial score (nSPS) is 10.9. The number of hydrogen-bond donors (Lipinski definition) is 2. The number of carboxylic acids is 1. The van der Waals surface area contributed by atoms with Gasteiger partial charge >= 0.3 is 12.0 Å². The molecule has 0 aliphatic heterocycles. The predicted octanol–water partition coefficient (Wildman–Crippen LogP) is 5.06. The predicted molar refractivity (Wildman–Crippen MR) is 123 cm³/mol. The lowest BCUT2D eigenvalue weighted by Gasteiger charge is -2.12. The van der Waals surface area contributed by atoms with Gasteiger partial charge in [-0.3, -0.25) is 0 Å². The maximum absolute atomic E-state index is 10.7. The van der Waals surface area contributed by atoms with Crippen molar-refractivity contribution in [3.63, 3.8) is 0 Å². The van der Waals surface area contributed by atoms with Crippen molar-refractivity contribution in [2.45, 2.75) is 6.61 Å². The number of aromatic nitrogens is 2. The summed E-state index contributed by atoms with van der Waals surface area (Å²) in [5, 5.41) is 12.8. The van der Waals surface area contributed by atoms with E-state index >= 15 is 0 Å². The van der Waals surface area contributed by atoms with E-state index in [2.05, 4.69) is 15.3 Å². The summed E-state index contributed by atoms with van der Waals surface area (Å²) < 4.78 is 11.2. The second-order valence-electron chi connectivity index (χ2n) is 6.93. The molecule has 4 aromatic rings. The standard InChI is InChI=1S/C25H21N3O4/c1-31-25-27-22-15-20(32-16-18-5-3-2-4-6-18)12-13-21(22)24(28-25)26-19-10-7-17(8-11-19)9-14-23(29)30/h2-15H,16H2,1H3,(H,29,30)(H,26,27,28)/b14-9+. The van der Waals surface area contributed by atoms with Crippen molar-refractivity contribution in [1.29, 1.82) is 0 Å². The third-order valence-electron chi connectivity index (χ3n) is 4.67. The summed E-state index contributed by atoms with van der Waals surface area (Å²) in [4.78, 5) is 19.6. The highest BCUT2D eigenvalue weighted by Gasteiger charge is 2.10. The van der Waals surface area contributed by atoms with Crippen LogP contribution >= 0.6 is 0 Å². The summed E-state index contributed by atoms with van der Waals surface area (Å²) >= 11 is 0. The minimum Gasteiger partial charge on any atom is -0.489 e. The first-order valence-electron chi connectivity index (χ1n) is 9.91. The zero-order valence-corrected chi connectivity index (χ0v) is 17.4. The van der Waals surface area contributed by atoms with Gasteiger partial charge in [-0.15, -0.1) is 0 Å². The quantitative estimate of drug-likeness (QED) is 0.380. The van der Waals surface area contributed by atoms with Crippen LogP contribution in [0.1, 0.15) is 11.1 Å². The first-order valence-corrected chi connectivity index (χ1v) is 9.91. The summed E-state index contributed by atoms with van der Waals surface area (Å²) in [6, 6.07) is 23.1. The molecule has 3 aromatic carbocycles. The van der Waals surface area contributed by atoms with E-state index in [9.17, 15) is 4.79 Å². The van der Waals surface area contributed by atoms with Gasteiger partial charge in [0.05, 0.1) is 12.6 Å². The molecule has 32 heavy (non-hydrogen) atoms. The van der Waals surface area contributed by atoms with Gasteiger partial charge < -0.3 is 19.9 Å². The number of aliphatic carboxylic acids is 1. The van der Waals surface area contributed by atoms with Gasteiger partial charge in [0.15, 0.2) is 0 Å². The van der Waals surface area contributed by atoms with Crippen LogP contribution in [0.4, 0.5) is 11.5 Å². The minimum atomic E-state index is -0.987. The Hall–Kier alpha value is -4.39. The lowest BCUT2D eigenvalue weighted by atomic mass is 10.2. The summed E-state index contributed by atoms with van der Waals surface area (Å²) in [5.41, 5.74) is 3.34. The molecule has 0 spiro atoms. The molecule has 0 saturated heterocycles. The number of fused-ring (bicyclic) bond motifs is 1. The summed E-state index contributed by atoms with van der Waals surface area (Å²) in [5.74, 6) is 0.303. The molecule has 4 rings (SSSR count). The van der Waals surface area contributed by atoms with Gasteiger partial charge in [0.25, 0.3) is 0 Å². The van der Waals surface area contributed by atoms with E-state index in [0.29, 0.717) is 23.7 Å². The fourth-order valence-corrected chi connectivity index (χ4v) is 3.09. The number of benzene rings is 3. The Morgan fingerprint density at radius 3 is 2.53 bits per heavy atom. The van der Waals surface area contributed by atoms with Crippen LogP contribution in [0.15, 0.2) is 78.9 Å². The molecule has 1 heterocycles. The van der Waals surface area contributed by atoms with Gasteiger partial charge in [-0.25, -0.2) is 4.79 Å². The maximum Gasteiger partial charge on any atom is 0.328 e. The van der Waals surface area contributed by atoms with Crippen LogP contribution in [-0.4, -0.2) is 28.2 Å². The smallest absolute Gasteiger partial charge is 0.328 e. The Bertz CT molecular complexity index is 1260. The Morgan fingerprint density at radius 2 is 1.81 bits per heavy atom. The molecule has 0 atom stereocenters. The van der Waals surface area contributed by atoms with E-state index in [-0.39, 0.29) is 6.01 Å². The monoisotopic (exact) mass is 427 g/mol. The molecular weight excluding hydrogens is 406 g/mol. The van der Waals surface area contributed by atoms with Crippen molar-refractivity contribution in [2.24, 2.45) is 0 Å². The van der Waals surface area contributed by atoms with Crippen molar-refractivity contribution in [1.82, 2.24) is 9.97 Å². The molecule has 7 heteroatoms. The molecule has 7 nitrogen and oxygen atoms in total. The van der Waals surface area contributed by atoms with E-state index in [1.54, 1.807) is 0 Å². The van der Waals surface area contributed by atoms with Gasteiger partial charge in [-0.05, 0) is 41.5 Å². The highest BCUT2D eigenvalue weighted by molar-refractivity contribution is 5.92. The van der Waals surface area contributed by atoms with Crippen molar-refractivity contribution >= 4 is 34.5 Å². The highest BCUT2D eigenvalue weighted by atomic mass is 16.5. The van der Waals surface area contributed by atoms with Crippen molar-refractivity contribution in [3.05, 3.63) is 90.0 Å². The van der Waals surface area contributed by atoms with Gasteiger partial charge in [-0.1, -0.05) is 42.5 Å². The summed E-state index contributed by atoms with van der Waals surface area (Å²) in [6.45, 7) is 0.461. The van der Waals surface area contributed by atoms with E-state index in [0.717, 1.165) is 28.3 Å². The number of anilines is 2. The lowest BCUT2D eigenvalue weighted by molar-refractivity contribution is -0.131. The number of nitrogens with one attached hydrogen (secondary N) is 1. The Balaban J connectivity index is 1.57. The molecule has 0 unspecified atom stereocenters. The first kappa shape index (κ1) is 20.9. The zero-order chi connectivity index (χ0) is 22.3. The number of rotatable bonds is 8. The van der Waals surface area contributed by atoms with Gasteiger partial charge in [0, 0.05) is 23.2 Å². The first-order chi connectivity index (χ1) is 15.6. The molecule has 0 aliphatic carbocycles. The lowest BCUT2D eigenvalue weighted by Crippen LogP contribution is -2.01. The maximum atomic E-state index is 10.7. The number of ether oxygens (including phenoxy) is 2. The van der Waals surface area contributed by atoms with Crippen molar-refractivity contribution in [3.8, 4) is 11.8 Å². The van der Waals surface area contributed by atoms with Gasteiger partial charge in [0.2, 0.25) is 0 Å². The van der Waals surface area contributed by atoms with Crippen molar-refractivity contribution < 1.29 is 19.4 Å². The zero-order valence-electron chi connectivity index (χ0n) is 17.4. The van der Waals surface area contributed by atoms with Gasteiger partial charge in [-0.2, -0.15) is 9.97 Å². The third-order valence-corrected chi connectivity index (χ3v) is 4.67. The SMILES string of the molecule is COc1nc(Nc2ccc(/C=C/C(=O)O)cc2)c2ccc(OCc3ccccc3)cc2n1. The molecule has 0 aliphatic rings. The Morgan fingerprint density at radius 1 is 1.03 bits per heavy atom. The second kappa shape index (κ2) is 9.61. The summed E-state index contributed by atoms with van der Waals surface area (Å²) in [7, 11) is 1.52. The van der Waals surface area contributed by atoms with E-state index in [1.807, 2.05) is 72.8 Å². The number of carboxylic acid groups (broad SMARTS) is 1. The van der Waals surface area contributed by atoms with E-state index < -0.39 is 5.97 Å². The molecular formula is C25H21N3O4. The average Bonchev–Trinajstić information content (AvgIpc) is 2.82. The number of carbonyl (C=O) groups is 1. The second-order valence-corrected chi connectivity index (χ2v) is 6.93. The fraction of sp³-hybridized carbons (Fsp3) is 0.0800. The molecule has 0 saturated carbocycles. The van der Waals surface area contributed by atoms with Crippen LogP contribution in [0.2, 0.25) is 0 Å². The average molecular weight is 427 g/mol. The van der Waals surface area contributed by atoms with Crippen LogP contribution in [0.3, 0.4) is 0 Å². The highest BCUT2D eigenvalue weighted by Crippen LogP contribution is 2.29. The molecule has 0 radical (unpaired) electrons. The van der Waals surface area contributed by atoms with Crippen LogP contribution in [0.25, 0.3) is 17.0 Å². The van der Waals surface area contributed by atoms with E-state index in [4.69, 9.17) is 14.6 Å². The Kier molecular flexibility index (Phi) is 6.27. The molecule has 0 bridgehead atoms. The molecule has 1 aromatic heterocycles. The summed E-state index contributed by atoms with van der Waals surface area (Å²) in [6.07, 6.45) is 2.63. The number of hydrogen-bond acceptors (Lipinski definition) is 6. The van der Waals surface area contributed by atoms with E-state index in [1.165, 1.54) is 13.2 Å². The molecule has 0 amide bonds. The number of methoxy groups -OCH3 is 1. The number of nitrogens with zero attached hydrogens (tertiary/aromatic N) is 2. The fourth-order valence-electron chi connectivity index (χ4n) is 3.09. The molecule has 0 fully saturated rings. The van der Waals surface area contributed by atoms with Crippen molar-refractivity contribution in [2.75, 3.05) is 12.4 Å². The van der Waals surface area contributed by atoms with Crippen LogP contribution in [0, 0.1) is 0 Å². The Labute approximate surface area is 185 Å². The third kappa shape index (κ3) is 5.20. The minimum absolute atomic E-state index is 0.237.